The Balaban J connectivity index is -0.000000467. The molecule has 0 radical (unpaired) electrons. The number of benzene rings is 2. The minimum absolute atomic E-state index is 0. The standard InChI is InChI=1S/C16H8O12.6K/c17-11(18)3-1-5(13(21)22)9(15(25)26)8-4(12(19)20)2-6(14(23)24)10(7(3)8)16(27)28;;;;;;/h1-2H,(H,17,18)(H,19,20)(H,21,22)(H,23,24)(H,25,26)(H,27,28);;;;;;/q;6*+1/p-6. The zero-order valence-electron chi connectivity index (χ0n) is 19.1. The fourth-order valence-electron chi connectivity index (χ4n) is 2.70. The maximum absolute atomic E-state index is 11.4. The smallest absolute Gasteiger partial charge is 0.545 e. The van der Waals surface area contributed by atoms with Crippen molar-refractivity contribution in [2.75, 3.05) is 0 Å². The van der Waals surface area contributed by atoms with Gasteiger partial charge in [0.2, 0.25) is 0 Å². The van der Waals surface area contributed by atoms with Crippen LogP contribution in [0.1, 0.15) is 62.1 Å². The topological polar surface area (TPSA) is 241 Å². The summed E-state index contributed by atoms with van der Waals surface area (Å²) in [5.74, 6) is -13.9. The molecule has 2 aromatic rings. The van der Waals surface area contributed by atoms with Crippen LogP contribution < -0.4 is 339 Å². The van der Waals surface area contributed by atoms with Gasteiger partial charge in [0.15, 0.2) is 0 Å². The maximum atomic E-state index is 11.4. The van der Waals surface area contributed by atoms with Crippen LogP contribution in [0.15, 0.2) is 12.1 Å². The molecular formula is C16H2K6O12. The summed E-state index contributed by atoms with van der Waals surface area (Å²) in [6.07, 6.45) is 0. The quantitative estimate of drug-likeness (QED) is 0.273. The van der Waals surface area contributed by atoms with Crippen molar-refractivity contribution in [1.82, 2.24) is 0 Å². The summed E-state index contributed by atoms with van der Waals surface area (Å²) in [7, 11) is 0. The van der Waals surface area contributed by atoms with Gasteiger partial charge >= 0.3 is 308 Å². The molecule has 0 aromatic heterocycles. The Morgan fingerprint density at radius 1 is 0.382 bits per heavy atom. The van der Waals surface area contributed by atoms with Gasteiger partial charge in [-0.15, -0.1) is 0 Å². The Morgan fingerprint density at radius 3 is 0.735 bits per heavy atom. The molecule has 18 heteroatoms. The van der Waals surface area contributed by atoms with Crippen LogP contribution in [0.4, 0.5) is 0 Å². The summed E-state index contributed by atoms with van der Waals surface area (Å²) >= 11 is 0. The van der Waals surface area contributed by atoms with Gasteiger partial charge in [-0.25, -0.2) is 0 Å². The molecule has 0 aliphatic heterocycles. The molecule has 0 atom stereocenters. The van der Waals surface area contributed by atoms with Crippen molar-refractivity contribution in [3.8, 4) is 0 Å². The van der Waals surface area contributed by atoms with E-state index in [-0.39, 0.29) is 320 Å². The van der Waals surface area contributed by atoms with E-state index < -0.39 is 80.0 Å². The number of fused-ring (bicyclic) bond motifs is 1. The summed E-state index contributed by atoms with van der Waals surface area (Å²) in [4.78, 5) is 68.0. The molecule has 34 heavy (non-hydrogen) atoms. The largest absolute Gasteiger partial charge is 1.00 e. The number of aromatic carboxylic acids is 6. The van der Waals surface area contributed by atoms with Crippen molar-refractivity contribution in [1.29, 1.82) is 0 Å². The zero-order chi connectivity index (χ0) is 21.5. The molecule has 0 saturated carbocycles. The Hall–Kier alpha value is 5.34. The van der Waals surface area contributed by atoms with Crippen LogP contribution in [0.2, 0.25) is 0 Å². The molecule has 0 amide bonds. The molecule has 0 spiro atoms. The van der Waals surface area contributed by atoms with Gasteiger partial charge < -0.3 is 59.4 Å². The van der Waals surface area contributed by atoms with Crippen molar-refractivity contribution in [3.05, 3.63) is 45.5 Å². The summed E-state index contributed by atoms with van der Waals surface area (Å²) in [6.45, 7) is 0. The number of rotatable bonds is 6. The predicted octanol–water partition coefficient (Wildman–Crippen LogP) is -25.0. The van der Waals surface area contributed by atoms with E-state index in [9.17, 15) is 59.4 Å². The number of carbonyl (C=O) groups is 6. The van der Waals surface area contributed by atoms with Gasteiger partial charge in [0.05, 0.1) is 35.8 Å². The van der Waals surface area contributed by atoms with E-state index in [0.717, 1.165) is 0 Å². The second-order valence-electron chi connectivity index (χ2n) is 5.17. The Labute approximate surface area is 446 Å². The van der Waals surface area contributed by atoms with E-state index in [1.54, 1.807) is 0 Å². The molecule has 2 aromatic carbocycles. The van der Waals surface area contributed by atoms with Crippen LogP contribution >= 0.6 is 0 Å². The number of hydrogen-bond acceptors (Lipinski definition) is 12. The maximum Gasteiger partial charge on any atom is 1.00 e. The number of carboxylic acids is 6. The van der Waals surface area contributed by atoms with E-state index >= 15 is 0 Å². The van der Waals surface area contributed by atoms with Gasteiger partial charge in [0, 0.05) is 44.2 Å². The molecule has 0 bridgehead atoms. The third-order valence-electron chi connectivity index (χ3n) is 3.69. The first-order valence-electron chi connectivity index (χ1n) is 6.85. The van der Waals surface area contributed by atoms with Crippen LogP contribution in [0, 0.1) is 0 Å². The molecule has 0 unspecified atom stereocenters. The van der Waals surface area contributed by atoms with Crippen molar-refractivity contribution < 1.29 is 368 Å². The van der Waals surface area contributed by atoms with Crippen LogP contribution in [0.25, 0.3) is 10.8 Å². The predicted molar refractivity (Wildman–Crippen MR) is 69.9 cm³/mol. The minimum Gasteiger partial charge on any atom is -0.545 e. The van der Waals surface area contributed by atoms with E-state index in [4.69, 9.17) is 0 Å². The second kappa shape index (κ2) is 22.0. The van der Waals surface area contributed by atoms with E-state index in [1.807, 2.05) is 0 Å². The number of carbonyl (C=O) groups excluding carboxylic acids is 6. The first kappa shape index (κ1) is 49.0. The van der Waals surface area contributed by atoms with Gasteiger partial charge in [-0.3, -0.25) is 0 Å². The summed E-state index contributed by atoms with van der Waals surface area (Å²) in [5, 5.41) is 65.4. The van der Waals surface area contributed by atoms with E-state index in [2.05, 4.69) is 0 Å². The summed E-state index contributed by atoms with van der Waals surface area (Å²) in [5.41, 5.74) is -8.45. The fraction of sp³-hybridized carbons (Fsp3) is 0. The average Bonchev–Trinajstić information content (AvgIpc) is 2.57. The Kier molecular flexibility index (Phi) is 31.7. The molecule has 12 nitrogen and oxygen atoms in total. The average molecular weight is 621 g/mol. The second-order valence-corrected chi connectivity index (χ2v) is 5.17. The Morgan fingerprint density at radius 2 is 0.588 bits per heavy atom. The van der Waals surface area contributed by atoms with Crippen LogP contribution in [0.3, 0.4) is 0 Å². The molecule has 0 saturated heterocycles. The van der Waals surface area contributed by atoms with Crippen LogP contribution in [0.5, 0.6) is 0 Å². The van der Waals surface area contributed by atoms with Crippen molar-refractivity contribution >= 4 is 46.6 Å². The molecule has 0 fully saturated rings. The third-order valence-corrected chi connectivity index (χ3v) is 3.69. The van der Waals surface area contributed by atoms with Crippen molar-refractivity contribution in [2.24, 2.45) is 0 Å². The normalized spacial score (nSPS) is 8.59. The zero-order valence-corrected chi connectivity index (χ0v) is 37.8. The van der Waals surface area contributed by atoms with Crippen LogP contribution in [-0.4, -0.2) is 35.8 Å². The van der Waals surface area contributed by atoms with E-state index in [1.165, 1.54) is 0 Å². The molecule has 0 N–H and O–H groups in total. The van der Waals surface area contributed by atoms with Gasteiger partial charge in [-0.1, -0.05) is 0 Å². The van der Waals surface area contributed by atoms with Gasteiger partial charge in [-0.05, 0) is 12.1 Å². The summed E-state index contributed by atoms with van der Waals surface area (Å²) < 4.78 is 0. The minimum atomic E-state index is -2.36. The van der Waals surface area contributed by atoms with Gasteiger partial charge in [0.1, 0.15) is 0 Å². The van der Waals surface area contributed by atoms with Gasteiger partial charge in [0.25, 0.3) is 0 Å². The SMILES string of the molecule is O=C([O-])c1cc(C(=O)[O-])c2c(C(=O)[O-])c(C(=O)[O-])cc(C(=O)[O-])c2c1C(=O)[O-].[K+].[K+].[K+].[K+].[K+].[K+]. The number of hydrogen-bond donors (Lipinski definition) is 0. The summed E-state index contributed by atoms with van der Waals surface area (Å²) in [6, 6.07) is 0.200. The van der Waals surface area contributed by atoms with Gasteiger partial charge in [-0.2, -0.15) is 0 Å². The molecule has 0 aliphatic carbocycles. The molecule has 144 valence electrons. The van der Waals surface area contributed by atoms with E-state index in [0.29, 0.717) is 0 Å². The Bertz CT molecular complexity index is 1060. The fourth-order valence-corrected chi connectivity index (χ4v) is 2.70. The molecule has 0 aliphatic rings. The third kappa shape index (κ3) is 11.5. The van der Waals surface area contributed by atoms with Crippen molar-refractivity contribution in [3.63, 3.8) is 0 Å². The number of carboxylic acid groups (broad SMARTS) is 6. The first-order chi connectivity index (χ1) is 12.9. The molecule has 2 rings (SSSR count). The molecular weight excluding hydrogens is 619 g/mol. The molecule has 0 heterocycles. The van der Waals surface area contributed by atoms with Crippen molar-refractivity contribution in [2.45, 2.75) is 0 Å². The first-order valence-corrected chi connectivity index (χ1v) is 6.85. The monoisotopic (exact) mass is 620 g/mol. The van der Waals surface area contributed by atoms with Crippen LogP contribution in [-0.2, 0) is 0 Å².